The maximum Gasteiger partial charge on any atom is 0.408 e. The van der Waals surface area contributed by atoms with Crippen LogP contribution in [-0.2, 0) is 14.3 Å². The molecule has 0 aliphatic carbocycles. The molecule has 0 aliphatic heterocycles. The molecule has 2 aromatic carbocycles. The minimum absolute atomic E-state index is 0.0145. The second-order valence-corrected chi connectivity index (χ2v) is 9.64. The van der Waals surface area contributed by atoms with Crippen LogP contribution in [0.3, 0.4) is 0 Å². The number of carbonyl (C=O) groups excluding carboxylic acids is 3. The van der Waals surface area contributed by atoms with Gasteiger partial charge in [-0.25, -0.2) is 4.79 Å². The molecule has 2 atom stereocenters. The first kappa shape index (κ1) is 29.4. The normalized spacial score (nSPS) is 12.6. The summed E-state index contributed by atoms with van der Waals surface area (Å²) in [5.41, 5.74) is 2.02. The van der Waals surface area contributed by atoms with E-state index in [1.807, 2.05) is 32.0 Å². The van der Waals surface area contributed by atoms with Gasteiger partial charge in [-0.15, -0.1) is 6.58 Å². The smallest absolute Gasteiger partial charge is 0.408 e. The summed E-state index contributed by atoms with van der Waals surface area (Å²) in [6, 6.07) is 10.0. The molecule has 2 aromatic rings. The number of anilines is 1. The van der Waals surface area contributed by atoms with E-state index in [2.05, 4.69) is 17.2 Å². The third kappa shape index (κ3) is 8.35. The Bertz CT molecular complexity index is 1110. The van der Waals surface area contributed by atoms with Crippen LogP contribution in [-0.4, -0.2) is 59.8 Å². The van der Waals surface area contributed by atoms with Gasteiger partial charge in [0.1, 0.15) is 23.4 Å². The fourth-order valence-corrected chi connectivity index (χ4v) is 3.69. The lowest BCUT2D eigenvalue weighted by Gasteiger charge is -2.34. The average Bonchev–Trinajstić information content (AvgIpc) is 2.83. The monoisotopic (exact) mass is 511 g/mol. The van der Waals surface area contributed by atoms with Crippen LogP contribution in [0.4, 0.5) is 10.5 Å². The van der Waals surface area contributed by atoms with E-state index in [1.165, 1.54) is 11.0 Å². The number of nitrogens with zero attached hydrogens (tertiary/aromatic N) is 1. The molecule has 0 aromatic heterocycles. The van der Waals surface area contributed by atoms with Crippen LogP contribution in [0.1, 0.15) is 43.5 Å². The van der Waals surface area contributed by atoms with Gasteiger partial charge in [-0.2, -0.15) is 0 Å². The van der Waals surface area contributed by atoms with Gasteiger partial charge in [0.25, 0.3) is 5.91 Å². The van der Waals surface area contributed by atoms with Gasteiger partial charge in [0.05, 0.1) is 13.7 Å². The van der Waals surface area contributed by atoms with Crippen molar-refractivity contribution >= 4 is 23.6 Å². The number of carbonyl (C=O) groups is 3. The Balaban J connectivity index is 2.49. The molecular formula is C28H37N3O6. The number of benzene rings is 2. The highest BCUT2D eigenvalue weighted by molar-refractivity contribution is 5.99. The Morgan fingerprint density at radius 2 is 1.76 bits per heavy atom. The molecule has 0 saturated carbocycles. The SMILES string of the molecule is C=CCN(C(=O)C(CO)NC(=O)OC(C)(C)C)C(C(=O)Nc1ccc(OC)cc1)c1cc(C)ccc1C. The quantitative estimate of drug-likeness (QED) is 0.417. The van der Waals surface area contributed by atoms with Crippen molar-refractivity contribution in [3.05, 3.63) is 71.8 Å². The van der Waals surface area contributed by atoms with Crippen LogP contribution < -0.4 is 15.4 Å². The number of rotatable bonds is 10. The summed E-state index contributed by atoms with van der Waals surface area (Å²) in [7, 11) is 1.55. The van der Waals surface area contributed by atoms with Crippen LogP contribution in [0.25, 0.3) is 0 Å². The number of hydrogen-bond acceptors (Lipinski definition) is 6. The van der Waals surface area contributed by atoms with Crippen molar-refractivity contribution in [2.75, 3.05) is 25.6 Å². The molecule has 0 saturated heterocycles. The van der Waals surface area contributed by atoms with Gasteiger partial charge in [-0.1, -0.05) is 29.8 Å². The molecule has 0 radical (unpaired) electrons. The lowest BCUT2D eigenvalue weighted by atomic mass is 9.96. The minimum atomic E-state index is -1.34. The molecule has 0 bridgehead atoms. The highest BCUT2D eigenvalue weighted by Gasteiger charge is 2.36. The maximum atomic E-state index is 13.7. The number of hydrogen-bond donors (Lipinski definition) is 3. The van der Waals surface area contributed by atoms with Crippen molar-refractivity contribution in [1.82, 2.24) is 10.2 Å². The third-order valence-corrected chi connectivity index (χ3v) is 5.43. The molecule has 0 heterocycles. The summed E-state index contributed by atoms with van der Waals surface area (Å²) >= 11 is 0. The van der Waals surface area contributed by atoms with Gasteiger partial charge in [0.15, 0.2) is 0 Å². The van der Waals surface area contributed by atoms with Gasteiger partial charge in [-0.05, 0) is 70.0 Å². The summed E-state index contributed by atoms with van der Waals surface area (Å²) in [4.78, 5) is 41.0. The van der Waals surface area contributed by atoms with Gasteiger partial charge in [0.2, 0.25) is 5.91 Å². The van der Waals surface area contributed by atoms with Crippen molar-refractivity contribution in [1.29, 1.82) is 0 Å². The van der Waals surface area contributed by atoms with E-state index >= 15 is 0 Å². The lowest BCUT2D eigenvalue weighted by Crippen LogP contribution is -2.54. The van der Waals surface area contributed by atoms with Crippen LogP contribution >= 0.6 is 0 Å². The summed E-state index contributed by atoms with van der Waals surface area (Å²) in [6.07, 6.45) is 0.628. The van der Waals surface area contributed by atoms with Crippen molar-refractivity contribution < 1.29 is 29.0 Å². The van der Waals surface area contributed by atoms with E-state index in [-0.39, 0.29) is 6.54 Å². The van der Waals surface area contributed by atoms with Crippen LogP contribution in [0.15, 0.2) is 55.1 Å². The summed E-state index contributed by atoms with van der Waals surface area (Å²) in [6.45, 7) is 11.8. The molecular weight excluding hydrogens is 474 g/mol. The molecule has 2 unspecified atom stereocenters. The van der Waals surface area contributed by atoms with Crippen molar-refractivity contribution in [2.45, 2.75) is 52.3 Å². The van der Waals surface area contributed by atoms with Crippen molar-refractivity contribution in [2.24, 2.45) is 0 Å². The zero-order chi connectivity index (χ0) is 27.8. The molecule has 2 rings (SSSR count). The molecule has 0 aliphatic rings. The van der Waals surface area contributed by atoms with Crippen LogP contribution in [0.2, 0.25) is 0 Å². The first-order valence-electron chi connectivity index (χ1n) is 11.9. The maximum absolute atomic E-state index is 13.7. The number of nitrogens with one attached hydrogen (secondary N) is 2. The van der Waals surface area contributed by atoms with E-state index in [9.17, 15) is 19.5 Å². The predicted octanol–water partition coefficient (Wildman–Crippen LogP) is 3.89. The van der Waals surface area contributed by atoms with E-state index in [0.29, 0.717) is 17.0 Å². The molecule has 3 amide bonds. The molecule has 3 N–H and O–H groups in total. The number of aryl methyl sites for hydroxylation is 2. The van der Waals surface area contributed by atoms with Crippen LogP contribution in [0.5, 0.6) is 5.75 Å². The largest absolute Gasteiger partial charge is 0.497 e. The fraction of sp³-hybridized carbons (Fsp3) is 0.393. The zero-order valence-electron chi connectivity index (χ0n) is 22.3. The van der Waals surface area contributed by atoms with Gasteiger partial charge in [0, 0.05) is 12.2 Å². The van der Waals surface area contributed by atoms with E-state index < -0.39 is 42.2 Å². The first-order chi connectivity index (χ1) is 17.4. The number of amides is 3. The van der Waals surface area contributed by atoms with Gasteiger partial charge < -0.3 is 30.1 Å². The zero-order valence-corrected chi connectivity index (χ0v) is 22.3. The predicted molar refractivity (Wildman–Crippen MR) is 142 cm³/mol. The second kappa shape index (κ2) is 12.9. The lowest BCUT2D eigenvalue weighted by molar-refractivity contribution is -0.140. The Kier molecular flexibility index (Phi) is 10.3. The van der Waals surface area contributed by atoms with Crippen LogP contribution in [0, 0.1) is 13.8 Å². The molecule has 9 nitrogen and oxygen atoms in total. The van der Waals surface area contributed by atoms with Crippen molar-refractivity contribution in [3.63, 3.8) is 0 Å². The van der Waals surface area contributed by atoms with E-state index in [1.54, 1.807) is 52.1 Å². The molecule has 0 spiro atoms. The van der Waals surface area contributed by atoms with Crippen molar-refractivity contribution in [3.8, 4) is 5.75 Å². The number of aliphatic hydroxyl groups excluding tert-OH is 1. The number of alkyl carbamates (subject to hydrolysis) is 1. The average molecular weight is 512 g/mol. The number of ether oxygens (including phenoxy) is 2. The Hall–Kier alpha value is -3.85. The van der Waals surface area contributed by atoms with Gasteiger partial charge in [-0.3, -0.25) is 9.59 Å². The summed E-state index contributed by atoms with van der Waals surface area (Å²) < 4.78 is 10.4. The topological polar surface area (TPSA) is 117 Å². The minimum Gasteiger partial charge on any atom is -0.497 e. The number of aliphatic hydroxyl groups is 1. The second-order valence-electron chi connectivity index (χ2n) is 9.64. The standard InChI is InChI=1S/C28H37N3O6/c1-8-15-31(26(34)23(17-32)30-27(35)37-28(4,5)6)24(22-16-18(2)9-10-19(22)3)25(33)29-20-11-13-21(36-7)14-12-20/h8-14,16,23-24,32H,1,15,17H2,2-7H3,(H,29,33)(H,30,35). The molecule has 37 heavy (non-hydrogen) atoms. The highest BCUT2D eigenvalue weighted by Crippen LogP contribution is 2.28. The molecule has 0 fully saturated rings. The Morgan fingerprint density at radius 1 is 1.11 bits per heavy atom. The van der Waals surface area contributed by atoms with Gasteiger partial charge >= 0.3 is 6.09 Å². The Morgan fingerprint density at radius 3 is 2.30 bits per heavy atom. The molecule has 200 valence electrons. The third-order valence-electron chi connectivity index (χ3n) is 5.43. The van der Waals surface area contributed by atoms with E-state index in [0.717, 1.165) is 11.1 Å². The first-order valence-corrected chi connectivity index (χ1v) is 11.9. The molecule has 9 heteroatoms. The summed E-state index contributed by atoms with van der Waals surface area (Å²) in [5, 5.41) is 15.3. The summed E-state index contributed by atoms with van der Waals surface area (Å²) in [5.74, 6) is -0.501. The Labute approximate surface area is 218 Å². The number of methoxy groups -OCH3 is 1. The fourth-order valence-electron chi connectivity index (χ4n) is 3.69. The highest BCUT2D eigenvalue weighted by atomic mass is 16.6. The van der Waals surface area contributed by atoms with E-state index in [4.69, 9.17) is 9.47 Å².